The maximum Gasteiger partial charge on any atom is 0.251 e. The van der Waals surface area contributed by atoms with E-state index >= 15 is 0 Å². The summed E-state index contributed by atoms with van der Waals surface area (Å²) in [5.41, 5.74) is 6.98. The van der Waals surface area contributed by atoms with Gasteiger partial charge in [0, 0.05) is 23.3 Å². The molecule has 1 aromatic carbocycles. The van der Waals surface area contributed by atoms with Crippen LogP contribution in [0.25, 0.3) is 0 Å². The van der Waals surface area contributed by atoms with Crippen molar-refractivity contribution in [2.75, 3.05) is 19.8 Å². The van der Waals surface area contributed by atoms with E-state index in [2.05, 4.69) is 24.3 Å². The second-order valence-corrected chi connectivity index (χ2v) is 5.58. The van der Waals surface area contributed by atoms with Crippen molar-refractivity contribution in [3.8, 4) is 0 Å². The van der Waals surface area contributed by atoms with Crippen LogP contribution in [0.15, 0.2) is 24.3 Å². The largest absolute Gasteiger partial charge is 0.399 e. The molecule has 120 valence electrons. The normalized spacial score (nSPS) is 21.1. The number of carbonyl (C=O) groups excluding carboxylic acids is 1. The zero-order valence-electron chi connectivity index (χ0n) is 12.5. The Kier molecular flexibility index (Phi) is 8.71. The molecule has 2 rings (SSSR count). The second-order valence-electron chi connectivity index (χ2n) is 5.58. The molecule has 1 aliphatic carbocycles. The summed E-state index contributed by atoms with van der Waals surface area (Å²) in [4.78, 5) is 14.4. The summed E-state index contributed by atoms with van der Waals surface area (Å²) in [6.45, 7) is 0. The summed E-state index contributed by atoms with van der Waals surface area (Å²) < 4.78 is 0. The third-order valence-electron chi connectivity index (χ3n) is 3.86. The smallest absolute Gasteiger partial charge is 0.251 e. The van der Waals surface area contributed by atoms with E-state index in [0.717, 1.165) is 12.8 Å². The summed E-state index contributed by atoms with van der Waals surface area (Å²) in [5.74, 6) is -0.0169. The van der Waals surface area contributed by atoms with Crippen LogP contribution in [0.3, 0.4) is 0 Å². The fraction of sp³-hybridized carbons (Fsp3) is 0.533. The van der Waals surface area contributed by atoms with Crippen LogP contribution in [0.1, 0.15) is 36.0 Å². The van der Waals surface area contributed by atoms with Crippen molar-refractivity contribution in [2.45, 2.75) is 37.8 Å². The van der Waals surface area contributed by atoms with E-state index in [-0.39, 0.29) is 36.8 Å². The minimum atomic E-state index is -0.0169. The molecule has 3 N–H and O–H groups in total. The summed E-state index contributed by atoms with van der Waals surface area (Å²) in [6.07, 6.45) is 4.49. The zero-order chi connectivity index (χ0) is 13.8. The Morgan fingerprint density at radius 3 is 2.62 bits per heavy atom. The molecule has 0 spiro atoms. The van der Waals surface area contributed by atoms with E-state index in [1.54, 1.807) is 18.2 Å². The average Bonchev–Trinajstić information content (AvgIpc) is 2.39. The molecule has 0 aliphatic heterocycles. The summed E-state index contributed by atoms with van der Waals surface area (Å²) in [6, 6.07) is 7.97. The van der Waals surface area contributed by atoms with Gasteiger partial charge in [0.2, 0.25) is 0 Å². The minimum absolute atomic E-state index is 0. The van der Waals surface area contributed by atoms with E-state index in [0.29, 0.717) is 17.3 Å². The van der Waals surface area contributed by atoms with Crippen LogP contribution in [-0.4, -0.2) is 37.0 Å². The number of carbonyl (C=O) groups is 1. The van der Waals surface area contributed by atoms with Crippen LogP contribution in [0.4, 0.5) is 5.69 Å². The van der Waals surface area contributed by atoms with Crippen LogP contribution in [0.5, 0.6) is 0 Å². The number of nitrogens with one attached hydrogen (secondary N) is 1. The van der Waals surface area contributed by atoms with Crippen LogP contribution in [0.2, 0.25) is 0 Å². The fourth-order valence-corrected chi connectivity index (χ4v) is 2.71. The van der Waals surface area contributed by atoms with Gasteiger partial charge in [-0.25, -0.2) is 0 Å². The predicted octanol–water partition coefficient (Wildman–Crippen LogP) is 2.72. The number of nitrogens with two attached hydrogens (primary N) is 1. The maximum absolute atomic E-state index is 12.2. The highest BCUT2D eigenvalue weighted by Gasteiger charge is 2.24. The first-order chi connectivity index (χ1) is 9.06. The highest BCUT2D eigenvalue weighted by molar-refractivity contribution is 5.95. The number of nitrogen functional groups attached to an aromatic ring is 1. The number of hydrogen-bond acceptors (Lipinski definition) is 3. The maximum atomic E-state index is 12.2. The molecule has 0 bridgehead atoms. The Labute approximate surface area is 139 Å². The van der Waals surface area contributed by atoms with Crippen molar-refractivity contribution in [1.82, 2.24) is 10.2 Å². The molecule has 6 heteroatoms. The summed E-state index contributed by atoms with van der Waals surface area (Å²) in [7, 11) is 4.21. The number of anilines is 1. The van der Waals surface area contributed by atoms with Crippen LogP contribution in [-0.2, 0) is 0 Å². The topological polar surface area (TPSA) is 58.4 Å². The van der Waals surface area contributed by atoms with E-state index in [4.69, 9.17) is 5.73 Å². The number of amides is 1. The predicted molar refractivity (Wildman–Crippen MR) is 92.5 cm³/mol. The Bertz CT molecular complexity index is 454. The quantitative estimate of drug-likeness (QED) is 0.836. The van der Waals surface area contributed by atoms with Gasteiger partial charge in [-0.2, -0.15) is 0 Å². The van der Waals surface area contributed by atoms with Crippen LogP contribution >= 0.6 is 24.8 Å². The molecule has 1 aliphatic rings. The lowest BCUT2D eigenvalue weighted by atomic mass is 9.90. The van der Waals surface area contributed by atoms with Gasteiger partial charge in [-0.15, -0.1) is 24.8 Å². The van der Waals surface area contributed by atoms with E-state index in [1.165, 1.54) is 12.8 Å². The number of benzene rings is 1. The fourth-order valence-electron chi connectivity index (χ4n) is 2.71. The molecule has 0 saturated heterocycles. The number of rotatable bonds is 3. The molecule has 0 aromatic heterocycles. The van der Waals surface area contributed by atoms with Crippen molar-refractivity contribution in [2.24, 2.45) is 0 Å². The highest BCUT2D eigenvalue weighted by atomic mass is 35.5. The SMILES string of the molecule is CN(C)C1CCCC(NC(=O)c2cccc(N)c2)C1.Cl.Cl. The Morgan fingerprint density at radius 2 is 2.00 bits per heavy atom. The average molecular weight is 334 g/mol. The van der Waals surface area contributed by atoms with Crippen molar-refractivity contribution >= 4 is 36.4 Å². The molecule has 0 radical (unpaired) electrons. The van der Waals surface area contributed by atoms with Gasteiger partial charge in [0.25, 0.3) is 5.91 Å². The molecular formula is C15H25Cl2N3O. The van der Waals surface area contributed by atoms with Gasteiger partial charge < -0.3 is 16.0 Å². The van der Waals surface area contributed by atoms with Crippen molar-refractivity contribution in [3.63, 3.8) is 0 Å². The third-order valence-corrected chi connectivity index (χ3v) is 3.86. The molecule has 1 saturated carbocycles. The molecule has 21 heavy (non-hydrogen) atoms. The van der Waals surface area contributed by atoms with Crippen LogP contribution < -0.4 is 11.1 Å². The first kappa shape index (κ1) is 20.0. The van der Waals surface area contributed by atoms with Gasteiger partial charge >= 0.3 is 0 Å². The Hall–Kier alpha value is -0.970. The lowest BCUT2D eigenvalue weighted by Gasteiger charge is -2.33. The summed E-state index contributed by atoms with van der Waals surface area (Å²) >= 11 is 0. The van der Waals surface area contributed by atoms with Gasteiger partial charge in [-0.1, -0.05) is 6.07 Å². The van der Waals surface area contributed by atoms with Gasteiger partial charge in [0.15, 0.2) is 0 Å². The van der Waals surface area contributed by atoms with Gasteiger partial charge in [0.1, 0.15) is 0 Å². The molecule has 1 aromatic rings. The molecular weight excluding hydrogens is 309 g/mol. The third kappa shape index (κ3) is 5.73. The molecule has 2 unspecified atom stereocenters. The molecule has 4 nitrogen and oxygen atoms in total. The van der Waals surface area contributed by atoms with Gasteiger partial charge in [-0.05, 0) is 58.0 Å². The second kappa shape index (κ2) is 9.13. The minimum Gasteiger partial charge on any atom is -0.399 e. The van der Waals surface area contributed by atoms with Crippen molar-refractivity contribution < 1.29 is 4.79 Å². The first-order valence-corrected chi connectivity index (χ1v) is 6.89. The Balaban J connectivity index is 0.00000200. The first-order valence-electron chi connectivity index (χ1n) is 6.89. The van der Waals surface area contributed by atoms with E-state index in [1.807, 2.05) is 6.07 Å². The number of hydrogen-bond donors (Lipinski definition) is 2. The van der Waals surface area contributed by atoms with Crippen molar-refractivity contribution in [1.29, 1.82) is 0 Å². The lowest BCUT2D eigenvalue weighted by Crippen LogP contribution is -2.43. The Morgan fingerprint density at radius 1 is 1.29 bits per heavy atom. The molecule has 2 atom stereocenters. The molecule has 1 fully saturated rings. The lowest BCUT2D eigenvalue weighted by molar-refractivity contribution is 0.0911. The number of nitrogens with zero attached hydrogens (tertiary/aromatic N) is 1. The van der Waals surface area contributed by atoms with Crippen LogP contribution in [0, 0.1) is 0 Å². The standard InChI is InChI=1S/C15H23N3O.2ClH/c1-18(2)14-8-4-7-13(10-14)17-15(19)11-5-3-6-12(16)9-11;;/h3,5-6,9,13-14H,4,7-8,10,16H2,1-2H3,(H,17,19);2*1H. The molecule has 0 heterocycles. The van der Waals surface area contributed by atoms with E-state index in [9.17, 15) is 4.79 Å². The van der Waals surface area contributed by atoms with Gasteiger partial charge in [-0.3, -0.25) is 4.79 Å². The highest BCUT2D eigenvalue weighted by Crippen LogP contribution is 2.22. The molecule has 1 amide bonds. The van der Waals surface area contributed by atoms with E-state index < -0.39 is 0 Å². The van der Waals surface area contributed by atoms with Gasteiger partial charge in [0.05, 0.1) is 0 Å². The number of halogens is 2. The zero-order valence-corrected chi connectivity index (χ0v) is 14.2. The summed E-state index contributed by atoms with van der Waals surface area (Å²) in [5, 5.41) is 3.13. The van der Waals surface area contributed by atoms with Crippen molar-refractivity contribution in [3.05, 3.63) is 29.8 Å². The monoisotopic (exact) mass is 333 g/mol.